The van der Waals surface area contributed by atoms with E-state index in [4.69, 9.17) is 17.7 Å². The fourth-order valence-corrected chi connectivity index (χ4v) is 18.4. The van der Waals surface area contributed by atoms with E-state index in [9.17, 15) is 0 Å². The molecule has 16 nitrogen and oxygen atoms in total. The van der Waals surface area contributed by atoms with Gasteiger partial charge in [-0.2, -0.15) is 0 Å². The van der Waals surface area contributed by atoms with E-state index in [1.807, 2.05) is 33.8 Å². The summed E-state index contributed by atoms with van der Waals surface area (Å²) in [6.45, 7) is 23.8. The molecule has 0 spiro atoms. The number of nitrogens with zero attached hydrogens (tertiary/aromatic N) is 12. The summed E-state index contributed by atoms with van der Waals surface area (Å²) < 4.78 is 33.5. The lowest BCUT2D eigenvalue weighted by molar-refractivity contribution is -0.654. The second-order valence-electron chi connectivity index (χ2n) is 32.7. The second-order valence-corrected chi connectivity index (χ2v) is 32.7. The average molecular weight is 1560 g/mol. The van der Waals surface area contributed by atoms with E-state index in [1.165, 1.54) is 121 Å². The first-order valence-corrected chi connectivity index (χ1v) is 40.8. The Labute approximate surface area is 695 Å². The Morgan fingerprint density at radius 2 is 0.613 bits per heavy atom. The van der Waals surface area contributed by atoms with Gasteiger partial charge in [-0.3, -0.25) is 0 Å². The molecule has 4 aliphatic rings. The zero-order valence-corrected chi connectivity index (χ0v) is 71.5. The largest absolute Gasteiger partial charge is 0.438 e. The van der Waals surface area contributed by atoms with Gasteiger partial charge in [0.05, 0.1) is 0 Å². The van der Waals surface area contributed by atoms with E-state index in [2.05, 4.69) is 406 Å². The van der Waals surface area contributed by atoms with E-state index in [1.54, 1.807) is 0 Å². The van der Waals surface area contributed by atoms with Crippen LogP contribution in [-0.2, 0) is 28.2 Å². The van der Waals surface area contributed by atoms with Crippen molar-refractivity contribution >= 4 is 141 Å². The minimum absolute atomic E-state index is 0.104. The van der Waals surface area contributed by atoms with Gasteiger partial charge < -0.3 is 36.9 Å². The first-order chi connectivity index (χ1) is 57.3. The minimum atomic E-state index is 0.104. The van der Waals surface area contributed by atoms with Gasteiger partial charge in [0.25, 0.3) is 0 Å². The zero-order valence-electron chi connectivity index (χ0n) is 71.5. The fourth-order valence-electron chi connectivity index (χ4n) is 18.4. The number of hydrogen-bond donors (Lipinski definition) is 0. The maximum Gasteiger partial charge on any atom is 0.402 e. The molecule has 0 unspecified atom stereocenters. The number of rotatable bonds is 8. The van der Waals surface area contributed by atoms with Crippen LogP contribution in [-0.4, -0.2) is 94.8 Å². The van der Waals surface area contributed by atoms with Crippen molar-refractivity contribution in [2.24, 2.45) is 28.2 Å². The van der Waals surface area contributed by atoms with Crippen molar-refractivity contribution in [3.8, 4) is 44.5 Å². The number of aryl methyl sites for hydroxylation is 11. The monoisotopic (exact) mass is 1560 g/mol. The van der Waals surface area contributed by atoms with Crippen LogP contribution < -0.4 is 83.2 Å². The molecule has 0 amide bonds. The van der Waals surface area contributed by atoms with Gasteiger partial charge in [0.1, 0.15) is 33.6 Å². The molecule has 20 rings (SSSR count). The van der Waals surface area contributed by atoms with E-state index in [0.29, 0.717) is 22.9 Å². The van der Waals surface area contributed by atoms with Crippen molar-refractivity contribution in [1.82, 2.24) is 39.2 Å². The highest BCUT2D eigenvalue weighted by molar-refractivity contribution is 6.87. The molecular formula is C99H98B4N12O4+4. The summed E-state index contributed by atoms with van der Waals surface area (Å²) in [6, 6.07) is 70.4. The lowest BCUT2D eigenvalue weighted by atomic mass is 9.49. The highest BCUT2D eigenvalue weighted by Crippen LogP contribution is 2.27. The Morgan fingerprint density at radius 3 is 1.02 bits per heavy atom. The van der Waals surface area contributed by atoms with Crippen molar-refractivity contribution in [2.45, 2.75) is 76.2 Å². The molecule has 0 fully saturated rings. The summed E-state index contributed by atoms with van der Waals surface area (Å²) in [5.74, 6) is 0. The normalized spacial score (nSPS) is 13.6. The molecule has 119 heavy (non-hydrogen) atoms. The van der Waals surface area contributed by atoms with Crippen molar-refractivity contribution in [3.05, 3.63) is 307 Å². The molecule has 0 aliphatic carbocycles. The number of pyridine rings is 8. The Hall–Kier alpha value is -13.3. The van der Waals surface area contributed by atoms with Gasteiger partial charge in [0, 0.05) is 131 Å². The summed E-state index contributed by atoms with van der Waals surface area (Å²) in [5.41, 5.74) is 34.1. The highest BCUT2D eigenvalue weighted by Gasteiger charge is 2.41. The van der Waals surface area contributed by atoms with Crippen LogP contribution in [0.4, 0.5) is 0 Å². The van der Waals surface area contributed by atoms with Gasteiger partial charge in [-0.05, 0) is 209 Å². The van der Waals surface area contributed by atoms with Crippen LogP contribution in [0.5, 0.6) is 0 Å². The maximum absolute atomic E-state index is 6.23. The van der Waals surface area contributed by atoms with Crippen molar-refractivity contribution in [1.29, 1.82) is 0 Å². The van der Waals surface area contributed by atoms with Crippen molar-refractivity contribution in [3.63, 3.8) is 0 Å². The van der Waals surface area contributed by atoms with Crippen molar-refractivity contribution < 1.29 is 35.9 Å². The van der Waals surface area contributed by atoms with Crippen LogP contribution in [0.1, 0.15) is 67.2 Å². The van der Waals surface area contributed by atoms with Crippen LogP contribution >= 0.6 is 0 Å². The molecule has 0 saturated heterocycles. The SMILES string of the molecule is CC1=c2c(oc3nc(C)ccc23)=CN(C)B1c1cc(-c2ccccc2)c(C)c[n+]1C.CC1=c2c(oc3nc(C)ccc23)=CN(C)B1c1cc(-c2ccccc2)cc[n+]1C.CC1=c2c(oc3nc(C)ccc23)=CN(C)B1c1cc(C)c(-c2ccccc2)c[n+]1C.CC1=c2oc3nc(C)ccc3c2=CN(C)B1c1cc(C)c(-c2ccccc2)c[n+]1C. The molecule has 16 heterocycles. The van der Waals surface area contributed by atoms with Crippen LogP contribution in [0.3, 0.4) is 0 Å². The molecule has 4 aromatic carbocycles. The first-order valence-electron chi connectivity index (χ1n) is 40.8. The molecule has 586 valence electrons. The summed E-state index contributed by atoms with van der Waals surface area (Å²) in [4.78, 5) is 27.4. The molecule has 0 atom stereocenters. The predicted molar refractivity (Wildman–Crippen MR) is 485 cm³/mol. The van der Waals surface area contributed by atoms with E-state index in [-0.39, 0.29) is 27.4 Å². The van der Waals surface area contributed by atoms with Crippen molar-refractivity contribution in [2.75, 3.05) is 28.2 Å². The fraction of sp³-hybridized carbons (Fsp3) is 0.192. The molecule has 0 N–H and O–H groups in total. The Kier molecular flexibility index (Phi) is 20.8. The smallest absolute Gasteiger partial charge is 0.402 e. The molecule has 0 saturated carbocycles. The first kappa shape index (κ1) is 78.2. The van der Waals surface area contributed by atoms with E-state index in [0.717, 1.165) is 71.2 Å². The summed E-state index contributed by atoms with van der Waals surface area (Å²) in [6.07, 6.45) is 17.3. The number of furan rings is 4. The molecule has 20 heteroatoms. The van der Waals surface area contributed by atoms with Gasteiger partial charge in [-0.1, -0.05) is 138 Å². The van der Waals surface area contributed by atoms with E-state index < -0.39 is 0 Å². The Balaban J connectivity index is 0.000000113. The highest BCUT2D eigenvalue weighted by atomic mass is 16.3. The van der Waals surface area contributed by atoms with Crippen LogP contribution in [0.15, 0.2) is 243 Å². The number of hydrogen-bond acceptors (Lipinski definition) is 12. The Morgan fingerprint density at radius 1 is 0.286 bits per heavy atom. The molecule has 4 aliphatic heterocycles. The lowest BCUT2D eigenvalue weighted by Gasteiger charge is -2.25. The third-order valence-electron chi connectivity index (χ3n) is 24.2. The predicted octanol–water partition coefficient (Wildman–Crippen LogP) is 8.60. The van der Waals surface area contributed by atoms with Crippen LogP contribution in [0, 0.1) is 48.5 Å². The molecule has 16 aromatic rings. The Bertz CT molecular complexity index is 7310. The maximum atomic E-state index is 6.23. The third-order valence-corrected chi connectivity index (χ3v) is 24.2. The third kappa shape index (κ3) is 14.5. The van der Waals surface area contributed by atoms with Gasteiger partial charge >= 0.3 is 27.4 Å². The molecular weight excluding hydrogens is 1460 g/mol. The standard InChI is InChI=1S/3C25H25BN3O.C24H23BN3O/c1-16-14-28(4)23(13-21(16)19-9-7-6-8-10-19)26-18(3)24-20-12-11-17(2)27-25(20)30-22(24)15-29(26)5;1-16-13-23(28(4)14-21(16)19-9-7-6-8-10-19)26-18(3)24-20-12-11-17(2)27-25(20)30-22(24)15-29(26)5;1-16-13-23(28(4)14-21(16)19-9-7-6-8-10-19)26-18(3)24-22(15-29(26)5)20-12-11-17(2)27-25(20)30-24;1-16-10-11-20-23-17(2)25(28(4)15-21(23)29-24(20)26-16)22-14-19(12-13-27(22)3)18-8-6-5-7-9-18/h3*6-15H,1-5H3;5-15H,1-4H3/q4*+1. The lowest BCUT2D eigenvalue weighted by Crippen LogP contribution is -2.62. The number of fused-ring (bicyclic) bond motifs is 12. The molecule has 12 aromatic heterocycles. The zero-order chi connectivity index (χ0) is 83.1. The number of aromatic nitrogens is 8. The topological polar surface area (TPSA) is 133 Å². The van der Waals surface area contributed by atoms with Gasteiger partial charge in [0.2, 0.25) is 22.9 Å². The quantitative estimate of drug-likeness (QED) is 0.107. The summed E-state index contributed by atoms with van der Waals surface area (Å²) >= 11 is 0. The minimum Gasteiger partial charge on any atom is -0.438 e. The van der Waals surface area contributed by atoms with Gasteiger partial charge in [-0.25, -0.2) is 38.2 Å². The summed E-state index contributed by atoms with van der Waals surface area (Å²) in [5, 5.41) is 8.95. The van der Waals surface area contributed by atoms with Crippen LogP contribution in [0.25, 0.3) is 136 Å². The summed E-state index contributed by atoms with van der Waals surface area (Å²) in [7, 11) is 17.0. The average Bonchev–Trinajstić information content (AvgIpc) is 1.63. The van der Waals surface area contributed by atoms with E-state index >= 15 is 0 Å². The van der Waals surface area contributed by atoms with Gasteiger partial charge in [-0.15, -0.1) is 0 Å². The number of benzene rings is 4. The second kappa shape index (κ2) is 31.6. The molecule has 0 radical (unpaired) electrons. The van der Waals surface area contributed by atoms with Gasteiger partial charge in [0.15, 0.2) is 63.4 Å². The van der Waals surface area contributed by atoms with Crippen LogP contribution in [0.2, 0.25) is 0 Å². The molecule has 0 bridgehead atoms.